The van der Waals surface area contributed by atoms with Crippen molar-refractivity contribution in [3.8, 4) is 0 Å². The number of rotatable bonds is 6. The summed E-state index contributed by atoms with van der Waals surface area (Å²) in [6.45, 7) is 1.90. The number of methoxy groups -OCH3 is 1. The van der Waals surface area contributed by atoms with Crippen LogP contribution in [0, 0.1) is 11.6 Å². The normalized spacial score (nSPS) is 22.7. The van der Waals surface area contributed by atoms with E-state index in [1.165, 1.54) is 7.11 Å². The van der Waals surface area contributed by atoms with E-state index in [4.69, 9.17) is 4.74 Å². The maximum atomic E-state index is 14.1. The number of esters is 1. The summed E-state index contributed by atoms with van der Waals surface area (Å²) in [5, 5.41) is 13.7. The second kappa shape index (κ2) is 8.52. The Morgan fingerprint density at radius 3 is 2.86 bits per heavy atom. The van der Waals surface area contributed by atoms with Crippen molar-refractivity contribution in [2.24, 2.45) is 4.99 Å². The van der Waals surface area contributed by atoms with Gasteiger partial charge in [-0.15, -0.1) is 0 Å². The highest BCUT2D eigenvalue weighted by Gasteiger charge is 2.37. The molecule has 29 heavy (non-hydrogen) atoms. The van der Waals surface area contributed by atoms with E-state index < -0.39 is 23.2 Å². The molecule has 1 fully saturated rings. The number of hydrogen-bond donors (Lipinski definition) is 2. The van der Waals surface area contributed by atoms with E-state index in [1.807, 2.05) is 23.9 Å². The van der Waals surface area contributed by atoms with Crippen LogP contribution in [0.4, 0.5) is 8.78 Å². The van der Waals surface area contributed by atoms with Crippen molar-refractivity contribution in [2.45, 2.75) is 12.0 Å². The Hall–Kier alpha value is -2.43. The van der Waals surface area contributed by atoms with E-state index in [0.29, 0.717) is 43.9 Å². The van der Waals surface area contributed by atoms with E-state index in [2.05, 4.69) is 15.3 Å². The molecule has 2 N–H and O–H groups in total. The van der Waals surface area contributed by atoms with Crippen LogP contribution in [-0.4, -0.2) is 91.2 Å². The molecule has 1 unspecified atom stereocenters. The number of pyridine rings is 1. The lowest BCUT2D eigenvalue weighted by molar-refractivity contribution is -0.136. The van der Waals surface area contributed by atoms with Crippen molar-refractivity contribution in [2.75, 3.05) is 53.9 Å². The van der Waals surface area contributed by atoms with Gasteiger partial charge in [0.15, 0.2) is 11.7 Å². The number of aliphatic hydroxyl groups is 1. The van der Waals surface area contributed by atoms with Gasteiger partial charge in [-0.05, 0) is 20.5 Å². The molecule has 0 aliphatic carbocycles. The zero-order chi connectivity index (χ0) is 21.2. The first-order valence-corrected chi connectivity index (χ1v) is 9.23. The third-order valence-corrected chi connectivity index (χ3v) is 4.90. The van der Waals surface area contributed by atoms with Gasteiger partial charge in [0.2, 0.25) is 0 Å². The van der Waals surface area contributed by atoms with Gasteiger partial charge < -0.3 is 20.1 Å². The minimum atomic E-state index is -0.848. The van der Waals surface area contributed by atoms with Crippen LogP contribution in [-0.2, 0) is 9.53 Å². The lowest BCUT2D eigenvalue weighted by atomic mass is 10.0. The molecule has 1 atom stereocenters. The predicted molar refractivity (Wildman–Crippen MR) is 102 cm³/mol. The fraction of sp³-hybridized carbons (Fsp3) is 0.526. The summed E-state index contributed by atoms with van der Waals surface area (Å²) in [5.74, 6) is -2.05. The highest BCUT2D eigenvalue weighted by Crippen LogP contribution is 2.24. The van der Waals surface area contributed by atoms with Crippen LogP contribution in [0.2, 0.25) is 0 Å². The van der Waals surface area contributed by atoms with Crippen molar-refractivity contribution in [3.63, 3.8) is 0 Å². The molecule has 158 valence electrons. The molecule has 2 aliphatic heterocycles. The molecule has 0 saturated carbocycles. The summed E-state index contributed by atoms with van der Waals surface area (Å²) in [6.07, 6.45) is 1.50. The fourth-order valence-electron chi connectivity index (χ4n) is 3.70. The number of aliphatic imine (C=N–C) groups is 1. The standard InChI is InChI=1S/C19H25F2N5O3/c1-25(2)10-19(28)4-5-26(11-19)9-15-13(18(27)29-3)8-23-17(24-15)16-14(21)6-12(20)7-22-16/h6-7,28H,4-5,8-11H2,1-3H3,(H,23,24). The predicted octanol–water partition coefficient (Wildman–Crippen LogP) is 0.135. The molecule has 8 nitrogen and oxygen atoms in total. The van der Waals surface area contributed by atoms with E-state index >= 15 is 0 Å². The topological polar surface area (TPSA) is 90.3 Å². The number of halogens is 2. The Labute approximate surface area is 167 Å². The zero-order valence-electron chi connectivity index (χ0n) is 16.7. The smallest absolute Gasteiger partial charge is 0.337 e. The SMILES string of the molecule is COC(=O)C1=C(CN2CCC(O)(CN(C)C)C2)NC(c2ncc(F)cc2F)=NC1. The number of nitrogens with zero attached hydrogens (tertiary/aromatic N) is 4. The Morgan fingerprint density at radius 1 is 1.45 bits per heavy atom. The maximum Gasteiger partial charge on any atom is 0.337 e. The average molecular weight is 409 g/mol. The van der Waals surface area contributed by atoms with Gasteiger partial charge in [-0.2, -0.15) is 0 Å². The average Bonchev–Trinajstić information content (AvgIpc) is 3.00. The summed E-state index contributed by atoms with van der Waals surface area (Å²) < 4.78 is 32.1. The molecule has 10 heteroatoms. The number of likely N-dealkylation sites (tertiary alicyclic amines) is 1. The van der Waals surface area contributed by atoms with Crippen LogP contribution >= 0.6 is 0 Å². The van der Waals surface area contributed by atoms with Crippen molar-refractivity contribution < 1.29 is 23.4 Å². The highest BCUT2D eigenvalue weighted by atomic mass is 19.1. The van der Waals surface area contributed by atoms with Crippen LogP contribution in [0.3, 0.4) is 0 Å². The van der Waals surface area contributed by atoms with Gasteiger partial charge in [-0.25, -0.2) is 18.6 Å². The Balaban J connectivity index is 1.79. The van der Waals surface area contributed by atoms with Crippen LogP contribution in [0.1, 0.15) is 12.1 Å². The van der Waals surface area contributed by atoms with Crippen molar-refractivity contribution >= 4 is 11.8 Å². The second-order valence-corrected chi connectivity index (χ2v) is 7.65. The maximum absolute atomic E-state index is 14.1. The summed E-state index contributed by atoms with van der Waals surface area (Å²) >= 11 is 0. The van der Waals surface area contributed by atoms with Gasteiger partial charge in [0.25, 0.3) is 0 Å². The first-order chi connectivity index (χ1) is 13.7. The van der Waals surface area contributed by atoms with E-state index in [9.17, 15) is 18.7 Å². The monoisotopic (exact) mass is 409 g/mol. The molecule has 0 radical (unpaired) electrons. The number of carbonyl (C=O) groups excluding carboxylic acids is 1. The van der Waals surface area contributed by atoms with Crippen LogP contribution in [0.25, 0.3) is 0 Å². The molecular weight excluding hydrogens is 384 g/mol. The minimum Gasteiger partial charge on any atom is -0.466 e. The molecule has 2 aliphatic rings. The summed E-state index contributed by atoms with van der Waals surface area (Å²) in [5.41, 5.74) is -0.146. The molecule has 3 rings (SSSR count). The number of carbonyl (C=O) groups is 1. The molecule has 1 aromatic heterocycles. The molecule has 0 amide bonds. The number of aromatic nitrogens is 1. The van der Waals surface area contributed by atoms with E-state index in [0.717, 1.165) is 12.3 Å². The number of hydrogen-bond acceptors (Lipinski definition) is 8. The number of β-amino-alcohol motifs (C(OH)–C–C–N with tert-alkyl or cyclic N) is 1. The lowest BCUT2D eigenvalue weighted by Crippen LogP contribution is -2.44. The van der Waals surface area contributed by atoms with Crippen LogP contribution in [0.15, 0.2) is 28.5 Å². The van der Waals surface area contributed by atoms with E-state index in [-0.39, 0.29) is 18.1 Å². The Bertz CT molecular complexity index is 858. The highest BCUT2D eigenvalue weighted by molar-refractivity contribution is 6.02. The number of ether oxygens (including phenoxy) is 1. The first-order valence-electron chi connectivity index (χ1n) is 9.23. The lowest BCUT2D eigenvalue weighted by Gasteiger charge is -2.28. The summed E-state index contributed by atoms with van der Waals surface area (Å²) in [7, 11) is 5.07. The molecule has 3 heterocycles. The van der Waals surface area contributed by atoms with Crippen LogP contribution in [0.5, 0.6) is 0 Å². The molecule has 0 aromatic carbocycles. The van der Waals surface area contributed by atoms with Crippen molar-refractivity contribution in [1.82, 2.24) is 20.1 Å². The minimum absolute atomic E-state index is 0.0152. The number of likely N-dealkylation sites (N-methyl/N-ethyl adjacent to an activating group) is 1. The third kappa shape index (κ3) is 4.95. The molecular formula is C19H25F2N5O3. The van der Waals surface area contributed by atoms with Gasteiger partial charge in [0, 0.05) is 37.9 Å². The second-order valence-electron chi connectivity index (χ2n) is 7.65. The fourth-order valence-corrected chi connectivity index (χ4v) is 3.70. The summed E-state index contributed by atoms with van der Waals surface area (Å²) in [6, 6.07) is 0.730. The summed E-state index contributed by atoms with van der Waals surface area (Å²) in [4.78, 5) is 24.1. The zero-order valence-corrected chi connectivity index (χ0v) is 16.7. The third-order valence-electron chi connectivity index (χ3n) is 4.90. The Kier molecular flexibility index (Phi) is 6.25. The Morgan fingerprint density at radius 2 is 2.21 bits per heavy atom. The molecule has 1 saturated heterocycles. The first kappa shape index (κ1) is 21.3. The van der Waals surface area contributed by atoms with Crippen LogP contribution < -0.4 is 5.32 Å². The van der Waals surface area contributed by atoms with Gasteiger partial charge in [0.05, 0.1) is 31.0 Å². The molecule has 0 bridgehead atoms. The molecule has 1 aromatic rings. The van der Waals surface area contributed by atoms with Crippen molar-refractivity contribution in [3.05, 3.63) is 40.9 Å². The quantitative estimate of drug-likeness (QED) is 0.646. The van der Waals surface area contributed by atoms with Gasteiger partial charge in [-0.1, -0.05) is 0 Å². The number of amidine groups is 1. The van der Waals surface area contributed by atoms with Gasteiger partial charge in [-0.3, -0.25) is 9.89 Å². The molecule has 0 spiro atoms. The van der Waals surface area contributed by atoms with Gasteiger partial charge >= 0.3 is 5.97 Å². The number of nitrogens with one attached hydrogen (secondary N) is 1. The van der Waals surface area contributed by atoms with Gasteiger partial charge in [0.1, 0.15) is 11.5 Å². The largest absolute Gasteiger partial charge is 0.466 e. The van der Waals surface area contributed by atoms with E-state index in [1.54, 1.807) is 0 Å². The van der Waals surface area contributed by atoms with Crippen molar-refractivity contribution in [1.29, 1.82) is 0 Å².